The van der Waals surface area contributed by atoms with E-state index in [1.807, 2.05) is 30.3 Å². The zero-order chi connectivity index (χ0) is 30.5. The minimum Gasteiger partial charge on any atom is -0.396 e. The monoisotopic (exact) mass is 599 g/mol. The third kappa shape index (κ3) is 8.70. The highest BCUT2D eigenvalue weighted by Gasteiger charge is 2.38. The summed E-state index contributed by atoms with van der Waals surface area (Å²) >= 11 is 0. The van der Waals surface area contributed by atoms with Crippen LogP contribution in [0.15, 0.2) is 48.5 Å². The molecule has 2 aromatic rings. The number of hydrogen-bond acceptors (Lipinski definition) is 4. The van der Waals surface area contributed by atoms with Crippen molar-refractivity contribution in [2.45, 2.75) is 63.0 Å². The fourth-order valence-electron chi connectivity index (χ4n) is 5.76. The predicted molar refractivity (Wildman–Crippen MR) is 148 cm³/mol. The van der Waals surface area contributed by atoms with Gasteiger partial charge in [-0.25, -0.2) is 0 Å². The van der Waals surface area contributed by atoms with Crippen molar-refractivity contribution in [3.63, 3.8) is 0 Å². The quantitative estimate of drug-likeness (QED) is 0.303. The van der Waals surface area contributed by atoms with Gasteiger partial charge in [-0.3, -0.25) is 14.6 Å². The number of aliphatic hydroxyl groups excluding tert-OH is 1. The second kappa shape index (κ2) is 13.8. The van der Waals surface area contributed by atoms with Gasteiger partial charge in [-0.2, -0.15) is 26.3 Å². The predicted octanol–water partition coefficient (Wildman–Crippen LogP) is 6.03. The first kappa shape index (κ1) is 32.3. The number of carbonyl (C=O) groups is 1. The Balaban J connectivity index is 1.46. The van der Waals surface area contributed by atoms with Crippen molar-refractivity contribution in [2.75, 3.05) is 46.4 Å². The van der Waals surface area contributed by atoms with Gasteiger partial charge >= 0.3 is 12.4 Å². The van der Waals surface area contributed by atoms with Crippen LogP contribution in [0.2, 0.25) is 0 Å². The zero-order valence-corrected chi connectivity index (χ0v) is 23.8. The average molecular weight is 600 g/mol. The highest BCUT2D eigenvalue weighted by Crippen LogP contribution is 2.37. The Morgan fingerprint density at radius 3 is 2.05 bits per heavy atom. The molecule has 1 aliphatic carbocycles. The first-order valence-corrected chi connectivity index (χ1v) is 14.5. The lowest BCUT2D eigenvalue weighted by molar-refractivity contribution is -0.143. The molecule has 2 fully saturated rings. The average Bonchev–Trinajstić information content (AvgIpc) is 3.78. The highest BCUT2D eigenvalue weighted by atomic mass is 19.4. The molecule has 11 heteroatoms. The Bertz CT molecular complexity index is 1130. The molecule has 1 amide bonds. The minimum absolute atomic E-state index is 0.0342. The Kier molecular flexibility index (Phi) is 10.6. The van der Waals surface area contributed by atoms with E-state index < -0.39 is 29.5 Å². The summed E-state index contributed by atoms with van der Waals surface area (Å²) in [5.74, 6) is 0.468. The van der Waals surface area contributed by atoms with Gasteiger partial charge in [-0.1, -0.05) is 30.3 Å². The molecule has 2 aliphatic rings. The Morgan fingerprint density at radius 1 is 0.929 bits per heavy atom. The molecule has 4 rings (SSSR count). The fraction of sp³-hybridized carbons (Fsp3) is 0.581. The maximum Gasteiger partial charge on any atom is 0.416 e. The van der Waals surface area contributed by atoms with E-state index in [2.05, 4.69) is 9.80 Å². The summed E-state index contributed by atoms with van der Waals surface area (Å²) < 4.78 is 79.9. The lowest BCUT2D eigenvalue weighted by atomic mass is 9.96. The molecule has 1 saturated heterocycles. The summed E-state index contributed by atoms with van der Waals surface area (Å²) in [5, 5.41) is 9.36. The summed E-state index contributed by atoms with van der Waals surface area (Å²) in [6.07, 6.45) is -5.07. The Labute approximate surface area is 243 Å². The smallest absolute Gasteiger partial charge is 0.396 e. The van der Waals surface area contributed by atoms with E-state index in [-0.39, 0.29) is 37.1 Å². The van der Waals surface area contributed by atoms with Gasteiger partial charge in [0, 0.05) is 52.4 Å². The number of piperidine rings is 1. The molecule has 1 saturated carbocycles. The number of rotatable bonds is 12. The van der Waals surface area contributed by atoms with Gasteiger partial charge < -0.3 is 10.0 Å². The third-order valence-corrected chi connectivity index (χ3v) is 8.28. The molecular weight excluding hydrogens is 560 g/mol. The van der Waals surface area contributed by atoms with Gasteiger partial charge in [0.25, 0.3) is 0 Å². The molecule has 0 spiro atoms. The van der Waals surface area contributed by atoms with Crippen molar-refractivity contribution in [1.29, 1.82) is 0 Å². The van der Waals surface area contributed by atoms with Crippen LogP contribution in [-0.2, 0) is 23.6 Å². The molecule has 1 unspecified atom stereocenters. The van der Waals surface area contributed by atoms with Crippen molar-refractivity contribution in [2.24, 2.45) is 5.92 Å². The lowest BCUT2D eigenvalue weighted by Gasteiger charge is -2.42. The number of aliphatic hydroxyl groups is 1. The number of benzene rings is 2. The molecule has 0 radical (unpaired) electrons. The van der Waals surface area contributed by atoms with E-state index in [0.717, 1.165) is 56.0 Å². The molecule has 232 valence electrons. The van der Waals surface area contributed by atoms with Gasteiger partial charge in [-0.05, 0) is 73.8 Å². The first-order chi connectivity index (χ1) is 19.9. The van der Waals surface area contributed by atoms with E-state index in [0.29, 0.717) is 19.1 Å². The summed E-state index contributed by atoms with van der Waals surface area (Å²) in [4.78, 5) is 19.8. The summed E-state index contributed by atoms with van der Waals surface area (Å²) in [6, 6.07) is 10.6. The van der Waals surface area contributed by atoms with Crippen molar-refractivity contribution in [3.8, 4) is 0 Å². The van der Waals surface area contributed by atoms with Crippen LogP contribution in [0.25, 0.3) is 0 Å². The van der Waals surface area contributed by atoms with Gasteiger partial charge in [0.15, 0.2) is 0 Å². The van der Waals surface area contributed by atoms with E-state index in [9.17, 15) is 36.2 Å². The van der Waals surface area contributed by atoms with E-state index in [1.165, 1.54) is 24.8 Å². The van der Waals surface area contributed by atoms with Crippen LogP contribution in [0.1, 0.15) is 60.4 Å². The van der Waals surface area contributed by atoms with Crippen molar-refractivity contribution >= 4 is 5.91 Å². The van der Waals surface area contributed by atoms with Crippen molar-refractivity contribution in [1.82, 2.24) is 14.7 Å². The van der Waals surface area contributed by atoms with Gasteiger partial charge in [0.2, 0.25) is 5.91 Å². The minimum atomic E-state index is -4.92. The molecule has 2 aromatic carbocycles. The molecule has 1 atom stereocenters. The number of nitrogens with zero attached hydrogens (tertiary/aromatic N) is 3. The topological polar surface area (TPSA) is 47.0 Å². The van der Waals surface area contributed by atoms with Crippen molar-refractivity contribution < 1.29 is 36.2 Å². The molecular formula is C31H39F6N3O2. The van der Waals surface area contributed by atoms with E-state index in [1.54, 1.807) is 0 Å². The molecule has 1 heterocycles. The fourth-order valence-corrected chi connectivity index (χ4v) is 5.76. The standard InChI is InChI=1S/C31H39F6N3O2/c1-38(14-10-23-18-25(30(32,33)34)20-26(19-23)31(35,36)37)29(42)28(24-6-3-2-4-7-24)39-15-11-27(12-16-39)40(13-5-17-41)21-22-8-9-22/h2-4,6-7,18-20,22,27-28,41H,5,8-17,21H2,1H3. The van der Waals surface area contributed by atoms with E-state index >= 15 is 0 Å². The zero-order valence-electron chi connectivity index (χ0n) is 23.8. The number of carbonyl (C=O) groups excluding carboxylic acids is 1. The number of likely N-dealkylation sites (tertiary alicyclic amines) is 1. The maximum atomic E-state index is 13.8. The summed E-state index contributed by atoms with van der Waals surface area (Å²) in [7, 11) is 1.54. The van der Waals surface area contributed by atoms with Crippen LogP contribution in [0.5, 0.6) is 0 Å². The number of amides is 1. The molecule has 0 aromatic heterocycles. The van der Waals surface area contributed by atoms with Crippen LogP contribution >= 0.6 is 0 Å². The van der Waals surface area contributed by atoms with Crippen LogP contribution in [0.3, 0.4) is 0 Å². The molecule has 42 heavy (non-hydrogen) atoms. The number of halogens is 6. The second-order valence-electron chi connectivity index (χ2n) is 11.5. The second-order valence-corrected chi connectivity index (χ2v) is 11.5. The maximum absolute atomic E-state index is 13.8. The first-order valence-electron chi connectivity index (χ1n) is 14.5. The van der Waals surface area contributed by atoms with Crippen molar-refractivity contribution in [3.05, 3.63) is 70.8 Å². The van der Waals surface area contributed by atoms with Gasteiger partial charge in [0.05, 0.1) is 11.1 Å². The molecule has 1 aliphatic heterocycles. The third-order valence-electron chi connectivity index (χ3n) is 8.28. The largest absolute Gasteiger partial charge is 0.416 e. The Morgan fingerprint density at radius 2 is 1.52 bits per heavy atom. The highest BCUT2D eigenvalue weighted by molar-refractivity contribution is 5.83. The van der Waals surface area contributed by atoms with E-state index in [4.69, 9.17) is 0 Å². The van der Waals surface area contributed by atoms with Gasteiger partial charge in [0.1, 0.15) is 6.04 Å². The summed E-state index contributed by atoms with van der Waals surface area (Å²) in [5.41, 5.74) is -2.06. The summed E-state index contributed by atoms with van der Waals surface area (Å²) in [6.45, 7) is 3.33. The molecule has 5 nitrogen and oxygen atoms in total. The number of hydrogen-bond donors (Lipinski definition) is 1. The van der Waals surface area contributed by atoms with Crippen LogP contribution < -0.4 is 0 Å². The van der Waals surface area contributed by atoms with Crippen LogP contribution in [-0.4, -0.2) is 78.1 Å². The van der Waals surface area contributed by atoms with Crippen LogP contribution in [0.4, 0.5) is 26.3 Å². The molecule has 1 N–H and O–H groups in total. The Hall–Kier alpha value is -2.63. The SMILES string of the molecule is CN(CCc1cc(C(F)(F)F)cc(C(F)(F)F)c1)C(=O)C(c1ccccc1)N1CCC(N(CCCO)CC2CC2)CC1. The number of likely N-dealkylation sites (N-methyl/N-ethyl adjacent to an activating group) is 1. The molecule has 0 bridgehead atoms. The lowest BCUT2D eigenvalue weighted by Crippen LogP contribution is -2.50. The van der Waals surface area contributed by atoms with Gasteiger partial charge in [-0.15, -0.1) is 0 Å². The van der Waals surface area contributed by atoms with Crippen LogP contribution in [0, 0.1) is 5.92 Å². The normalized spacial score (nSPS) is 17.9. The number of alkyl halides is 6.